The van der Waals surface area contributed by atoms with Crippen molar-refractivity contribution in [3.05, 3.63) is 30.8 Å². The first-order valence-corrected chi connectivity index (χ1v) is 5.84. The molecule has 15 heavy (non-hydrogen) atoms. The number of nitrogens with one attached hydrogen (secondary N) is 1. The van der Waals surface area contributed by atoms with Crippen molar-refractivity contribution in [2.75, 3.05) is 23.3 Å². The van der Waals surface area contributed by atoms with Crippen LogP contribution < -0.4 is 10.2 Å². The number of nitrogens with zero attached hydrogens (tertiary/aromatic N) is 1. The molecule has 0 unspecified atom stereocenters. The Bertz CT molecular complexity index is 309. The zero-order chi connectivity index (χ0) is 10.5. The first-order valence-electron chi connectivity index (χ1n) is 5.84. The van der Waals surface area contributed by atoms with Gasteiger partial charge in [0.15, 0.2) is 0 Å². The van der Waals surface area contributed by atoms with Gasteiger partial charge < -0.3 is 10.2 Å². The molecule has 0 aliphatic carbocycles. The average Bonchev–Trinajstić information content (AvgIpc) is 2.49. The summed E-state index contributed by atoms with van der Waals surface area (Å²) in [5.41, 5.74) is 2.59. The van der Waals surface area contributed by atoms with Crippen LogP contribution in [0, 0.1) is 6.54 Å². The van der Waals surface area contributed by atoms with E-state index in [1.807, 2.05) is 0 Å². The fourth-order valence-corrected chi connectivity index (χ4v) is 1.98. The Morgan fingerprint density at radius 3 is 3.07 bits per heavy atom. The topological polar surface area (TPSA) is 15.3 Å². The predicted octanol–water partition coefficient (Wildman–Crippen LogP) is 3.27. The van der Waals surface area contributed by atoms with E-state index in [-0.39, 0.29) is 0 Å². The van der Waals surface area contributed by atoms with Crippen molar-refractivity contribution in [3.8, 4) is 0 Å². The van der Waals surface area contributed by atoms with E-state index < -0.39 is 0 Å². The van der Waals surface area contributed by atoms with E-state index in [9.17, 15) is 0 Å². The number of anilines is 2. The Morgan fingerprint density at radius 1 is 1.33 bits per heavy atom. The van der Waals surface area contributed by atoms with Crippen molar-refractivity contribution in [1.29, 1.82) is 0 Å². The minimum Gasteiger partial charge on any atom is -0.379 e. The molecule has 2 nitrogen and oxygen atoms in total. The molecule has 0 saturated carbocycles. The molecule has 1 aromatic carbocycles. The highest BCUT2D eigenvalue weighted by Gasteiger charge is 2.13. The molecule has 0 amide bonds. The van der Waals surface area contributed by atoms with Gasteiger partial charge in [-0.25, -0.2) is 0 Å². The molecule has 2 heteroatoms. The number of rotatable bonds is 3. The Labute approximate surface area is 92.3 Å². The molecule has 0 saturated heterocycles. The molecule has 1 radical (unpaired) electrons. The number of para-hydroxylation sites is 2. The fraction of sp³-hybridized carbons (Fsp3) is 0.462. The van der Waals surface area contributed by atoms with E-state index in [4.69, 9.17) is 0 Å². The van der Waals surface area contributed by atoms with E-state index in [1.165, 1.54) is 30.8 Å². The van der Waals surface area contributed by atoms with Crippen LogP contribution >= 0.6 is 0 Å². The van der Waals surface area contributed by atoms with E-state index in [0.717, 1.165) is 13.0 Å². The Kier molecular flexibility index (Phi) is 3.49. The van der Waals surface area contributed by atoms with E-state index in [1.54, 1.807) is 0 Å². The molecule has 1 aliphatic rings. The maximum atomic E-state index is 3.36. The van der Waals surface area contributed by atoms with Crippen LogP contribution in [0.1, 0.15) is 26.2 Å². The lowest BCUT2D eigenvalue weighted by atomic mass is 10.2. The van der Waals surface area contributed by atoms with Crippen molar-refractivity contribution in [2.45, 2.75) is 26.2 Å². The summed E-state index contributed by atoms with van der Waals surface area (Å²) in [5, 5.41) is 3.36. The monoisotopic (exact) mass is 203 g/mol. The summed E-state index contributed by atoms with van der Waals surface area (Å²) in [5.74, 6) is 0. The van der Waals surface area contributed by atoms with Gasteiger partial charge in [-0.2, -0.15) is 0 Å². The van der Waals surface area contributed by atoms with Crippen molar-refractivity contribution >= 4 is 11.4 Å². The van der Waals surface area contributed by atoms with Crippen LogP contribution in [0.15, 0.2) is 24.3 Å². The van der Waals surface area contributed by atoms with Crippen molar-refractivity contribution in [2.24, 2.45) is 0 Å². The first-order chi connectivity index (χ1) is 7.42. The quantitative estimate of drug-likeness (QED) is 0.811. The lowest BCUT2D eigenvalue weighted by Crippen LogP contribution is -2.24. The highest BCUT2D eigenvalue weighted by Crippen LogP contribution is 2.28. The second-order valence-corrected chi connectivity index (χ2v) is 3.99. The maximum Gasteiger partial charge on any atom is 0.0602 e. The Balaban J connectivity index is 2.17. The molecule has 0 atom stereocenters. The zero-order valence-electron chi connectivity index (χ0n) is 9.37. The lowest BCUT2D eigenvalue weighted by Gasteiger charge is -2.24. The Hall–Kier alpha value is -1.18. The summed E-state index contributed by atoms with van der Waals surface area (Å²) in [6, 6.07) is 8.56. The normalized spacial score (nSPS) is 15.4. The fourth-order valence-electron chi connectivity index (χ4n) is 1.98. The van der Waals surface area contributed by atoms with Crippen LogP contribution in [-0.2, 0) is 0 Å². The van der Waals surface area contributed by atoms with Crippen LogP contribution in [0.5, 0.6) is 0 Å². The van der Waals surface area contributed by atoms with Gasteiger partial charge in [-0.1, -0.05) is 25.5 Å². The van der Waals surface area contributed by atoms with Crippen molar-refractivity contribution < 1.29 is 0 Å². The Morgan fingerprint density at radius 2 is 2.20 bits per heavy atom. The second kappa shape index (κ2) is 5.06. The van der Waals surface area contributed by atoms with Crippen LogP contribution in [0.3, 0.4) is 0 Å². The summed E-state index contributed by atoms with van der Waals surface area (Å²) in [4.78, 5) is 2.48. The largest absolute Gasteiger partial charge is 0.379 e. The van der Waals surface area contributed by atoms with Crippen LogP contribution in [0.4, 0.5) is 11.4 Å². The molecule has 0 aromatic heterocycles. The highest BCUT2D eigenvalue weighted by atomic mass is 15.2. The molecule has 0 spiro atoms. The van der Waals surface area contributed by atoms with E-state index >= 15 is 0 Å². The average molecular weight is 203 g/mol. The molecule has 1 heterocycles. The van der Waals surface area contributed by atoms with Gasteiger partial charge in [0.05, 0.1) is 11.4 Å². The summed E-state index contributed by atoms with van der Waals surface area (Å²) in [6.07, 6.45) is 3.64. The summed E-state index contributed by atoms with van der Waals surface area (Å²) in [7, 11) is 0. The predicted molar refractivity (Wildman–Crippen MR) is 66.1 cm³/mol. The third-order valence-corrected chi connectivity index (χ3v) is 2.83. The van der Waals surface area contributed by atoms with E-state index in [2.05, 4.69) is 48.0 Å². The lowest BCUT2D eigenvalue weighted by molar-refractivity contribution is 0.715. The van der Waals surface area contributed by atoms with Gasteiger partial charge in [0.1, 0.15) is 0 Å². The number of unbranched alkanes of at least 4 members (excludes halogenated alkanes) is 1. The second-order valence-electron chi connectivity index (χ2n) is 3.99. The van der Waals surface area contributed by atoms with Gasteiger partial charge in [0, 0.05) is 19.6 Å². The number of fused-ring (bicyclic) bond motifs is 1. The van der Waals surface area contributed by atoms with Crippen LogP contribution in [-0.4, -0.2) is 13.1 Å². The molecule has 1 aromatic rings. The third-order valence-electron chi connectivity index (χ3n) is 2.83. The molecule has 81 valence electrons. The molecule has 1 N–H and O–H groups in total. The summed E-state index contributed by atoms with van der Waals surface area (Å²) in [6.45, 7) is 6.70. The maximum absolute atomic E-state index is 3.36. The molecule has 0 bridgehead atoms. The zero-order valence-corrected chi connectivity index (χ0v) is 9.37. The standard InChI is InChI=1S/C13H19N2/c1-2-3-10-15-11-6-9-14-12-7-4-5-8-13(12)15/h4-5,7-9,14H,2-3,6,10-11H2,1H3. The van der Waals surface area contributed by atoms with Gasteiger partial charge >= 0.3 is 0 Å². The van der Waals surface area contributed by atoms with Gasteiger partial charge in [-0.15, -0.1) is 0 Å². The number of benzene rings is 1. The minimum atomic E-state index is 1.11. The molecule has 2 rings (SSSR count). The molecular formula is C13H19N2. The highest BCUT2D eigenvalue weighted by molar-refractivity contribution is 5.71. The van der Waals surface area contributed by atoms with E-state index in [0.29, 0.717) is 0 Å². The molecule has 1 aliphatic heterocycles. The van der Waals surface area contributed by atoms with Gasteiger partial charge in [0.25, 0.3) is 0 Å². The summed E-state index contributed by atoms with van der Waals surface area (Å²) < 4.78 is 0. The van der Waals surface area contributed by atoms with Gasteiger partial charge in [-0.3, -0.25) is 0 Å². The molecule has 0 fully saturated rings. The number of hydrogen-bond donors (Lipinski definition) is 1. The van der Waals surface area contributed by atoms with Gasteiger partial charge in [-0.05, 0) is 25.0 Å². The van der Waals surface area contributed by atoms with Gasteiger partial charge in [0.2, 0.25) is 0 Å². The first kappa shape index (κ1) is 10.3. The minimum absolute atomic E-state index is 1.11. The smallest absolute Gasteiger partial charge is 0.0602 e. The van der Waals surface area contributed by atoms with Crippen molar-refractivity contribution in [3.63, 3.8) is 0 Å². The molecular weight excluding hydrogens is 184 g/mol. The van der Waals surface area contributed by atoms with Crippen molar-refractivity contribution in [1.82, 2.24) is 0 Å². The third kappa shape index (κ3) is 2.44. The van der Waals surface area contributed by atoms with Crippen LogP contribution in [0.25, 0.3) is 0 Å². The number of hydrogen-bond acceptors (Lipinski definition) is 2. The van der Waals surface area contributed by atoms with Crippen LogP contribution in [0.2, 0.25) is 0 Å². The SMILES string of the molecule is CCCCN1CC[CH]Nc2ccccc21. The summed E-state index contributed by atoms with van der Waals surface area (Å²) >= 11 is 0.